The van der Waals surface area contributed by atoms with E-state index in [1.54, 1.807) is 24.4 Å². The fourth-order valence-corrected chi connectivity index (χ4v) is 1.98. The van der Waals surface area contributed by atoms with Crippen LogP contribution in [0.3, 0.4) is 0 Å². The van der Waals surface area contributed by atoms with Gasteiger partial charge in [-0.1, -0.05) is 11.6 Å². The highest BCUT2D eigenvalue weighted by Gasteiger charge is 2.13. The average Bonchev–Trinajstić information content (AvgIpc) is 2.45. The molecule has 0 saturated heterocycles. The van der Waals surface area contributed by atoms with Crippen molar-refractivity contribution in [3.8, 4) is 0 Å². The van der Waals surface area contributed by atoms with Crippen molar-refractivity contribution in [2.24, 2.45) is 0 Å². The van der Waals surface area contributed by atoms with Gasteiger partial charge in [0, 0.05) is 24.2 Å². The fraction of sp³-hybridized carbons (Fsp3) is 0.286. The number of benzene rings is 1. The quantitative estimate of drug-likeness (QED) is 0.901. The van der Waals surface area contributed by atoms with Gasteiger partial charge in [0.2, 0.25) is 0 Å². The van der Waals surface area contributed by atoms with E-state index in [9.17, 15) is 4.79 Å². The lowest BCUT2D eigenvalue weighted by Gasteiger charge is -2.12. The average molecular weight is 278 g/mol. The van der Waals surface area contributed by atoms with Crippen molar-refractivity contribution in [2.45, 2.75) is 13.0 Å². The molecule has 1 aromatic heterocycles. The highest BCUT2D eigenvalue weighted by molar-refractivity contribution is 6.36. The third-order valence-electron chi connectivity index (χ3n) is 3.02. The van der Waals surface area contributed by atoms with Gasteiger partial charge in [-0.3, -0.25) is 9.78 Å². The maximum Gasteiger partial charge on any atom is 0.253 e. The van der Waals surface area contributed by atoms with Crippen molar-refractivity contribution in [2.75, 3.05) is 13.6 Å². The molecule has 1 aromatic carbocycles. The molecule has 100 valence electrons. The van der Waals surface area contributed by atoms with Gasteiger partial charge < -0.3 is 10.6 Å². The summed E-state index contributed by atoms with van der Waals surface area (Å²) in [6.45, 7) is 2.56. The third kappa shape index (κ3) is 3.03. The van der Waals surface area contributed by atoms with E-state index < -0.39 is 0 Å². The van der Waals surface area contributed by atoms with Crippen molar-refractivity contribution in [1.82, 2.24) is 15.6 Å². The van der Waals surface area contributed by atoms with Crippen LogP contribution in [0.1, 0.15) is 17.3 Å². The topological polar surface area (TPSA) is 54.0 Å². The zero-order chi connectivity index (χ0) is 13.8. The van der Waals surface area contributed by atoms with Crippen LogP contribution in [0.2, 0.25) is 5.02 Å². The minimum absolute atomic E-state index is 0.137. The minimum Gasteiger partial charge on any atom is -0.350 e. The number of pyridine rings is 1. The maximum absolute atomic E-state index is 12.2. The predicted molar refractivity (Wildman–Crippen MR) is 77.6 cm³/mol. The molecule has 5 heteroatoms. The lowest BCUT2D eigenvalue weighted by Crippen LogP contribution is -2.37. The molecule has 2 aromatic rings. The van der Waals surface area contributed by atoms with Gasteiger partial charge >= 0.3 is 0 Å². The van der Waals surface area contributed by atoms with Gasteiger partial charge in [-0.15, -0.1) is 0 Å². The molecule has 2 N–H and O–H groups in total. The Hall–Kier alpha value is -1.65. The molecule has 0 spiro atoms. The second-order valence-electron chi connectivity index (χ2n) is 4.39. The lowest BCUT2D eigenvalue weighted by atomic mass is 10.1. The molecule has 1 amide bonds. The van der Waals surface area contributed by atoms with E-state index in [-0.39, 0.29) is 11.9 Å². The number of fused-ring (bicyclic) bond motifs is 1. The smallest absolute Gasteiger partial charge is 0.253 e. The van der Waals surface area contributed by atoms with Gasteiger partial charge in [-0.2, -0.15) is 0 Å². The van der Waals surface area contributed by atoms with Gasteiger partial charge in [0.1, 0.15) is 0 Å². The predicted octanol–water partition coefficient (Wildman–Crippen LogP) is 2.23. The normalized spacial score (nSPS) is 12.4. The Morgan fingerprint density at radius 2 is 2.21 bits per heavy atom. The number of nitrogens with zero attached hydrogens (tertiary/aromatic N) is 1. The molecular weight excluding hydrogens is 262 g/mol. The number of halogens is 1. The van der Waals surface area contributed by atoms with Gasteiger partial charge in [-0.05, 0) is 38.2 Å². The highest BCUT2D eigenvalue weighted by atomic mass is 35.5. The highest BCUT2D eigenvalue weighted by Crippen LogP contribution is 2.24. The second kappa shape index (κ2) is 5.99. The number of hydrogen-bond donors (Lipinski definition) is 2. The molecule has 0 aliphatic carbocycles. The molecule has 0 fully saturated rings. The molecular formula is C14H16ClN3O. The summed E-state index contributed by atoms with van der Waals surface area (Å²) >= 11 is 6.10. The van der Waals surface area contributed by atoms with Crippen LogP contribution in [0.4, 0.5) is 0 Å². The molecule has 0 radical (unpaired) electrons. The summed E-state index contributed by atoms with van der Waals surface area (Å²) < 4.78 is 0. The van der Waals surface area contributed by atoms with Gasteiger partial charge in [0.15, 0.2) is 0 Å². The van der Waals surface area contributed by atoms with Crippen molar-refractivity contribution in [1.29, 1.82) is 0 Å². The van der Waals surface area contributed by atoms with E-state index >= 15 is 0 Å². The first kappa shape index (κ1) is 13.8. The van der Waals surface area contributed by atoms with E-state index in [0.717, 1.165) is 5.39 Å². The largest absolute Gasteiger partial charge is 0.350 e. The lowest BCUT2D eigenvalue weighted by molar-refractivity contribution is 0.0952. The summed E-state index contributed by atoms with van der Waals surface area (Å²) in [6.07, 6.45) is 1.66. The Labute approximate surface area is 117 Å². The van der Waals surface area contributed by atoms with Crippen LogP contribution in [0, 0.1) is 0 Å². The van der Waals surface area contributed by atoms with Gasteiger partial charge in [0.25, 0.3) is 5.91 Å². The van der Waals surface area contributed by atoms with E-state index in [0.29, 0.717) is 22.6 Å². The summed E-state index contributed by atoms with van der Waals surface area (Å²) in [6, 6.07) is 7.31. The number of hydrogen-bond acceptors (Lipinski definition) is 3. The Bertz CT molecular complexity index is 600. The fourth-order valence-electron chi connectivity index (χ4n) is 1.76. The van der Waals surface area contributed by atoms with Crippen LogP contribution in [0.25, 0.3) is 10.9 Å². The minimum atomic E-state index is -0.137. The molecule has 0 saturated carbocycles. The molecule has 1 unspecified atom stereocenters. The van der Waals surface area contributed by atoms with Crippen LogP contribution in [-0.2, 0) is 0 Å². The Balaban J connectivity index is 2.30. The number of carbonyl (C=O) groups is 1. The van der Waals surface area contributed by atoms with E-state index in [1.807, 2.05) is 20.0 Å². The van der Waals surface area contributed by atoms with Crippen molar-refractivity contribution in [3.05, 3.63) is 41.0 Å². The Morgan fingerprint density at radius 1 is 1.42 bits per heavy atom. The van der Waals surface area contributed by atoms with Gasteiger partial charge in [-0.25, -0.2) is 0 Å². The molecule has 0 aliphatic heterocycles. The van der Waals surface area contributed by atoms with Crippen LogP contribution >= 0.6 is 11.6 Å². The van der Waals surface area contributed by atoms with E-state index in [2.05, 4.69) is 15.6 Å². The van der Waals surface area contributed by atoms with Gasteiger partial charge in [0.05, 0.1) is 16.1 Å². The molecule has 1 heterocycles. The molecule has 19 heavy (non-hydrogen) atoms. The van der Waals surface area contributed by atoms with E-state index in [1.165, 1.54) is 0 Å². The van der Waals surface area contributed by atoms with E-state index in [4.69, 9.17) is 11.6 Å². The monoisotopic (exact) mass is 277 g/mol. The summed E-state index contributed by atoms with van der Waals surface area (Å²) in [4.78, 5) is 16.4. The summed E-state index contributed by atoms with van der Waals surface area (Å²) in [7, 11) is 1.86. The number of likely N-dealkylation sites (N-methyl/N-ethyl adjacent to an activating group) is 1. The molecule has 2 rings (SSSR count). The Kier molecular flexibility index (Phi) is 4.35. The van der Waals surface area contributed by atoms with Crippen LogP contribution in [0.15, 0.2) is 30.5 Å². The standard InChI is InChI=1S/C14H16ClN3O/c1-9(16-2)8-18-14(19)11-5-6-12(15)10-4-3-7-17-13(10)11/h3-7,9,16H,8H2,1-2H3,(H,18,19). The van der Waals surface area contributed by atoms with Crippen LogP contribution in [-0.4, -0.2) is 30.5 Å². The molecule has 1 atom stereocenters. The second-order valence-corrected chi connectivity index (χ2v) is 4.80. The first-order valence-corrected chi connectivity index (χ1v) is 6.50. The zero-order valence-electron chi connectivity index (χ0n) is 10.9. The third-order valence-corrected chi connectivity index (χ3v) is 3.35. The SMILES string of the molecule is CNC(C)CNC(=O)c1ccc(Cl)c2cccnc12. The Morgan fingerprint density at radius 3 is 2.95 bits per heavy atom. The summed E-state index contributed by atoms with van der Waals surface area (Å²) in [5.74, 6) is -0.137. The zero-order valence-corrected chi connectivity index (χ0v) is 11.7. The van der Waals surface area contributed by atoms with Crippen molar-refractivity contribution >= 4 is 28.4 Å². The van der Waals surface area contributed by atoms with Crippen molar-refractivity contribution < 1.29 is 4.79 Å². The number of amides is 1. The first-order chi connectivity index (χ1) is 9.13. The molecule has 0 aliphatic rings. The first-order valence-electron chi connectivity index (χ1n) is 6.12. The van der Waals surface area contributed by atoms with Crippen molar-refractivity contribution in [3.63, 3.8) is 0 Å². The number of nitrogens with one attached hydrogen (secondary N) is 2. The number of rotatable bonds is 4. The summed E-state index contributed by atoms with van der Waals surface area (Å²) in [5.41, 5.74) is 1.17. The summed E-state index contributed by atoms with van der Waals surface area (Å²) in [5, 5.41) is 7.33. The number of carbonyl (C=O) groups excluding carboxylic acids is 1. The molecule has 4 nitrogen and oxygen atoms in total. The maximum atomic E-state index is 12.2. The van der Waals surface area contributed by atoms with Crippen LogP contribution < -0.4 is 10.6 Å². The number of aromatic nitrogens is 1. The van der Waals surface area contributed by atoms with Crippen LogP contribution in [0.5, 0.6) is 0 Å². The molecule has 0 bridgehead atoms.